The molecule has 0 atom stereocenters. The van der Waals surface area contributed by atoms with Crippen LogP contribution in [0, 0.1) is 0 Å². The molecule has 0 saturated carbocycles. The zero-order valence-corrected chi connectivity index (χ0v) is 10.3. The molecule has 0 N–H and O–H groups in total. The summed E-state index contributed by atoms with van der Waals surface area (Å²) in [5, 5.41) is 0.680. The smallest absolute Gasteiger partial charge is 0.261 e. The number of carbonyl (C=O) groups is 1. The van der Waals surface area contributed by atoms with Crippen LogP contribution in [0.1, 0.15) is 16.8 Å². The number of rotatable bonds is 6. The topological polar surface area (TPSA) is 26.3 Å². The number of benzene rings is 1. The molecule has 0 fully saturated rings. The van der Waals surface area contributed by atoms with Crippen LogP contribution in [0.2, 0.25) is 10.0 Å². The molecule has 1 aromatic carbocycles. The Hall–Kier alpha value is -0.710. The van der Waals surface area contributed by atoms with Gasteiger partial charge in [-0.05, 0) is 18.2 Å². The van der Waals surface area contributed by atoms with Gasteiger partial charge in [0.2, 0.25) is 0 Å². The van der Waals surface area contributed by atoms with E-state index < -0.39 is 13.0 Å². The van der Waals surface area contributed by atoms with Crippen molar-refractivity contribution in [2.45, 2.75) is 12.8 Å². The van der Waals surface area contributed by atoms with Gasteiger partial charge in [-0.2, -0.15) is 0 Å². The van der Waals surface area contributed by atoms with Crippen molar-refractivity contribution in [1.82, 2.24) is 0 Å². The molecule has 0 spiro atoms. The molecule has 1 rings (SSSR count). The first-order valence-electron chi connectivity index (χ1n) is 4.85. The molecule has 1 aromatic rings. The van der Waals surface area contributed by atoms with Gasteiger partial charge in [-0.3, -0.25) is 4.79 Å². The van der Waals surface area contributed by atoms with Crippen molar-refractivity contribution in [3.05, 3.63) is 33.8 Å². The molecule has 0 bridgehead atoms. The lowest BCUT2D eigenvalue weighted by molar-refractivity contribution is 0.0170. The molecule has 0 amide bonds. The quantitative estimate of drug-likeness (QED) is 0.585. The van der Waals surface area contributed by atoms with Crippen LogP contribution in [-0.4, -0.2) is 25.4 Å². The van der Waals surface area contributed by atoms with E-state index in [2.05, 4.69) is 4.74 Å². The van der Waals surface area contributed by atoms with Crippen LogP contribution in [0.4, 0.5) is 8.78 Å². The number of ether oxygens (including phenoxy) is 1. The highest BCUT2D eigenvalue weighted by Gasteiger charge is 2.11. The summed E-state index contributed by atoms with van der Waals surface area (Å²) >= 11 is 11.5. The van der Waals surface area contributed by atoms with Crippen molar-refractivity contribution >= 4 is 29.0 Å². The Bertz CT molecular complexity index is 397. The van der Waals surface area contributed by atoms with E-state index in [9.17, 15) is 13.6 Å². The predicted octanol–water partition coefficient (Wildman–Crippen LogP) is 3.85. The lowest BCUT2D eigenvalue weighted by atomic mass is 10.1. The third-order valence-electron chi connectivity index (χ3n) is 1.95. The van der Waals surface area contributed by atoms with Crippen LogP contribution in [-0.2, 0) is 4.74 Å². The lowest BCUT2D eigenvalue weighted by Crippen LogP contribution is -2.09. The average molecular weight is 283 g/mol. The van der Waals surface area contributed by atoms with Gasteiger partial charge in [0.05, 0.1) is 11.6 Å². The zero-order chi connectivity index (χ0) is 12.8. The first-order chi connectivity index (χ1) is 8.00. The van der Waals surface area contributed by atoms with E-state index in [0.717, 1.165) is 0 Å². The summed E-state index contributed by atoms with van der Waals surface area (Å²) < 4.78 is 28.1. The Morgan fingerprint density at radius 1 is 1.35 bits per heavy atom. The number of Topliss-reactive ketones (excluding diaryl/α,β-unsaturated/α-hetero) is 1. The average Bonchev–Trinajstić information content (AvgIpc) is 2.27. The summed E-state index contributed by atoms with van der Waals surface area (Å²) in [7, 11) is 0. The highest BCUT2D eigenvalue weighted by atomic mass is 35.5. The third-order valence-corrected chi connectivity index (χ3v) is 2.51. The summed E-state index contributed by atoms with van der Waals surface area (Å²) in [4.78, 5) is 11.7. The standard InChI is InChI=1S/C11H10Cl2F2O2/c12-7-1-2-9(13)8(5-7)10(16)3-4-17-6-11(14)15/h1-2,5,11H,3-4,6H2. The van der Waals surface area contributed by atoms with Crippen LogP contribution in [0.5, 0.6) is 0 Å². The molecule has 17 heavy (non-hydrogen) atoms. The molecule has 0 aliphatic carbocycles. The molecule has 0 radical (unpaired) electrons. The molecular formula is C11H10Cl2F2O2. The Labute approximate surface area is 107 Å². The van der Waals surface area contributed by atoms with Gasteiger partial charge in [0.1, 0.15) is 6.61 Å². The molecule has 2 nitrogen and oxygen atoms in total. The first-order valence-corrected chi connectivity index (χ1v) is 5.60. The van der Waals surface area contributed by atoms with Crippen LogP contribution >= 0.6 is 23.2 Å². The summed E-state index contributed by atoms with van der Waals surface area (Å²) in [6.45, 7) is -0.734. The maximum absolute atomic E-state index is 11.8. The first kappa shape index (κ1) is 14.4. The highest BCUT2D eigenvalue weighted by molar-refractivity contribution is 6.35. The van der Waals surface area contributed by atoms with E-state index in [1.807, 2.05) is 0 Å². The molecule has 0 aliphatic rings. The number of hydrogen-bond donors (Lipinski definition) is 0. The van der Waals surface area contributed by atoms with Gasteiger partial charge in [0, 0.05) is 17.0 Å². The molecular weight excluding hydrogens is 273 g/mol. The van der Waals surface area contributed by atoms with Crippen molar-refractivity contribution in [3.8, 4) is 0 Å². The monoisotopic (exact) mass is 282 g/mol. The normalized spacial score (nSPS) is 10.9. The van der Waals surface area contributed by atoms with E-state index in [1.165, 1.54) is 12.1 Å². The lowest BCUT2D eigenvalue weighted by Gasteiger charge is -2.05. The maximum Gasteiger partial charge on any atom is 0.261 e. The Morgan fingerprint density at radius 3 is 2.71 bits per heavy atom. The minimum Gasteiger partial charge on any atom is -0.375 e. The fourth-order valence-electron chi connectivity index (χ4n) is 1.18. The third kappa shape index (κ3) is 4.98. The van der Waals surface area contributed by atoms with Gasteiger partial charge in [-0.15, -0.1) is 0 Å². The molecule has 0 aliphatic heterocycles. The Morgan fingerprint density at radius 2 is 2.06 bits per heavy atom. The van der Waals surface area contributed by atoms with Gasteiger partial charge >= 0.3 is 0 Å². The molecule has 0 saturated heterocycles. The largest absolute Gasteiger partial charge is 0.375 e. The van der Waals surface area contributed by atoms with E-state index in [1.54, 1.807) is 6.07 Å². The van der Waals surface area contributed by atoms with Gasteiger partial charge in [-0.25, -0.2) is 8.78 Å². The predicted molar refractivity (Wildman–Crippen MR) is 62.2 cm³/mol. The van der Waals surface area contributed by atoms with Gasteiger partial charge in [-0.1, -0.05) is 23.2 Å². The Kier molecular flexibility index (Phi) is 5.82. The summed E-state index contributed by atoms with van der Waals surface area (Å²) in [6, 6.07) is 4.52. The van der Waals surface area contributed by atoms with E-state index in [-0.39, 0.29) is 29.4 Å². The van der Waals surface area contributed by atoms with E-state index in [4.69, 9.17) is 23.2 Å². The SMILES string of the molecule is O=C(CCOCC(F)F)c1cc(Cl)ccc1Cl. The number of carbonyl (C=O) groups excluding carboxylic acids is 1. The molecule has 0 heterocycles. The second-order valence-electron chi connectivity index (χ2n) is 3.26. The molecule has 0 unspecified atom stereocenters. The number of alkyl halides is 2. The minimum atomic E-state index is -2.53. The summed E-state index contributed by atoms with van der Waals surface area (Å²) in [5.41, 5.74) is 0.278. The second kappa shape index (κ2) is 6.89. The minimum absolute atomic E-state index is 0.00716. The van der Waals surface area contributed by atoms with Crippen molar-refractivity contribution in [3.63, 3.8) is 0 Å². The molecule has 0 aromatic heterocycles. The summed E-state index contributed by atoms with van der Waals surface area (Å²) in [6.07, 6.45) is -2.54. The van der Waals surface area contributed by atoms with Gasteiger partial charge < -0.3 is 4.74 Å². The maximum atomic E-state index is 11.8. The van der Waals surface area contributed by atoms with Gasteiger partial charge in [0.15, 0.2) is 5.78 Å². The number of halogens is 4. The second-order valence-corrected chi connectivity index (χ2v) is 4.11. The van der Waals surface area contributed by atoms with Crippen LogP contribution in [0.3, 0.4) is 0 Å². The number of hydrogen-bond acceptors (Lipinski definition) is 2. The van der Waals surface area contributed by atoms with Crippen molar-refractivity contribution in [1.29, 1.82) is 0 Å². The van der Waals surface area contributed by atoms with Crippen LogP contribution < -0.4 is 0 Å². The zero-order valence-electron chi connectivity index (χ0n) is 8.76. The summed E-state index contributed by atoms with van der Waals surface area (Å²) in [5.74, 6) is -0.285. The molecule has 6 heteroatoms. The molecule has 94 valence electrons. The highest BCUT2D eigenvalue weighted by Crippen LogP contribution is 2.21. The van der Waals surface area contributed by atoms with Crippen molar-refractivity contribution in [2.75, 3.05) is 13.2 Å². The number of ketones is 1. The van der Waals surface area contributed by atoms with Crippen LogP contribution in [0.15, 0.2) is 18.2 Å². The van der Waals surface area contributed by atoms with Crippen molar-refractivity contribution < 1.29 is 18.3 Å². The van der Waals surface area contributed by atoms with Crippen LogP contribution in [0.25, 0.3) is 0 Å². The fourth-order valence-corrected chi connectivity index (χ4v) is 1.58. The van der Waals surface area contributed by atoms with E-state index >= 15 is 0 Å². The Balaban J connectivity index is 2.49. The van der Waals surface area contributed by atoms with Crippen molar-refractivity contribution in [2.24, 2.45) is 0 Å². The van der Waals surface area contributed by atoms with E-state index in [0.29, 0.717) is 5.02 Å². The van der Waals surface area contributed by atoms with Gasteiger partial charge in [0.25, 0.3) is 6.43 Å². The fraction of sp³-hybridized carbons (Fsp3) is 0.364.